The minimum atomic E-state index is 0.291. The molecule has 1 saturated heterocycles. The number of nitrogens with two attached hydrogens (primary N) is 1. The van der Waals surface area contributed by atoms with Gasteiger partial charge in [-0.3, -0.25) is 4.90 Å². The lowest BCUT2D eigenvalue weighted by Gasteiger charge is -2.29. The number of aromatic nitrogens is 3. The maximum absolute atomic E-state index is 5.78. The van der Waals surface area contributed by atoms with Crippen LogP contribution in [0.1, 0.15) is 25.6 Å². The summed E-state index contributed by atoms with van der Waals surface area (Å²) >= 11 is 0. The maximum atomic E-state index is 5.78. The number of nitrogens with one attached hydrogen (secondary N) is 1. The van der Waals surface area contributed by atoms with Crippen molar-refractivity contribution in [3.05, 3.63) is 5.82 Å². The van der Waals surface area contributed by atoms with Crippen LogP contribution >= 0.6 is 0 Å². The fourth-order valence-corrected chi connectivity index (χ4v) is 2.65. The maximum Gasteiger partial charge on any atom is 0.229 e. The second kappa shape index (κ2) is 7.51. The third kappa shape index (κ3) is 4.78. The summed E-state index contributed by atoms with van der Waals surface area (Å²) in [4.78, 5) is 17.1. The van der Waals surface area contributed by atoms with E-state index in [-0.39, 0.29) is 0 Å². The van der Waals surface area contributed by atoms with Crippen molar-refractivity contribution in [1.82, 2.24) is 25.2 Å². The summed E-state index contributed by atoms with van der Waals surface area (Å²) in [6, 6.07) is 0. The second-order valence-electron chi connectivity index (χ2n) is 5.84. The van der Waals surface area contributed by atoms with E-state index in [0.29, 0.717) is 17.8 Å². The van der Waals surface area contributed by atoms with Gasteiger partial charge in [0.15, 0.2) is 0 Å². The van der Waals surface area contributed by atoms with Crippen LogP contribution in [0.4, 0.5) is 11.9 Å². The quantitative estimate of drug-likeness (QED) is 0.782. The molecule has 0 radical (unpaired) electrons. The summed E-state index contributed by atoms with van der Waals surface area (Å²) in [5.41, 5.74) is 5.78. The zero-order valence-electron chi connectivity index (χ0n) is 13.3. The third-order valence-electron chi connectivity index (χ3n) is 3.81. The van der Waals surface area contributed by atoms with E-state index in [1.54, 1.807) is 0 Å². The molecule has 0 bridgehead atoms. The Labute approximate surface area is 127 Å². The molecule has 1 aromatic heterocycles. The predicted octanol–water partition coefficient (Wildman–Crippen LogP) is 0.341. The fourth-order valence-electron chi connectivity index (χ4n) is 2.65. The minimum absolute atomic E-state index is 0.291. The molecule has 1 aliphatic rings. The smallest absolute Gasteiger partial charge is 0.229 e. The number of piperidine rings is 1. The van der Waals surface area contributed by atoms with Crippen molar-refractivity contribution in [2.75, 3.05) is 50.9 Å². The highest BCUT2D eigenvalue weighted by Crippen LogP contribution is 2.14. The van der Waals surface area contributed by atoms with E-state index in [0.717, 1.165) is 38.5 Å². The Bertz CT molecular complexity index is 443. The Morgan fingerprint density at radius 2 is 2.10 bits per heavy atom. The average molecular weight is 293 g/mol. The van der Waals surface area contributed by atoms with E-state index in [1.807, 2.05) is 19.0 Å². The van der Waals surface area contributed by atoms with Gasteiger partial charge in [0.05, 0.1) is 6.54 Å². The second-order valence-corrected chi connectivity index (χ2v) is 5.84. The van der Waals surface area contributed by atoms with Crippen molar-refractivity contribution < 1.29 is 0 Å². The standard InChI is InChI=1S/C14H27N7/c1-4-21(9-11-6-5-7-16-8-11)10-12-17-13(15)19-14(18-12)20(2)3/h11,16H,4-10H2,1-3H3,(H2,15,17,18,19). The van der Waals surface area contributed by atoms with E-state index >= 15 is 0 Å². The van der Waals surface area contributed by atoms with E-state index in [2.05, 4.69) is 32.1 Å². The van der Waals surface area contributed by atoms with Crippen molar-refractivity contribution in [2.45, 2.75) is 26.3 Å². The molecule has 1 atom stereocenters. The van der Waals surface area contributed by atoms with Gasteiger partial charge in [-0.05, 0) is 38.4 Å². The zero-order valence-corrected chi connectivity index (χ0v) is 13.3. The molecule has 0 spiro atoms. The SMILES string of the molecule is CCN(Cc1nc(N)nc(N(C)C)n1)CC1CCCNC1. The van der Waals surface area contributed by atoms with E-state index in [4.69, 9.17) is 5.73 Å². The lowest BCUT2D eigenvalue weighted by Crippen LogP contribution is -2.38. The van der Waals surface area contributed by atoms with E-state index < -0.39 is 0 Å². The number of anilines is 2. The Morgan fingerprint density at radius 3 is 2.71 bits per heavy atom. The molecule has 7 nitrogen and oxygen atoms in total. The van der Waals surface area contributed by atoms with Gasteiger partial charge in [0, 0.05) is 20.6 Å². The largest absolute Gasteiger partial charge is 0.368 e. The molecule has 0 amide bonds. The van der Waals surface area contributed by atoms with Crippen LogP contribution in [0.15, 0.2) is 0 Å². The lowest BCUT2D eigenvalue weighted by atomic mass is 9.99. The van der Waals surface area contributed by atoms with Gasteiger partial charge >= 0.3 is 0 Å². The summed E-state index contributed by atoms with van der Waals surface area (Å²) in [5.74, 6) is 2.37. The zero-order chi connectivity index (χ0) is 15.2. The first-order valence-corrected chi connectivity index (χ1v) is 7.69. The number of rotatable bonds is 6. The van der Waals surface area contributed by atoms with Crippen LogP contribution in [0.3, 0.4) is 0 Å². The highest BCUT2D eigenvalue weighted by Gasteiger charge is 2.17. The summed E-state index contributed by atoms with van der Waals surface area (Å²) in [6.45, 7) is 7.22. The van der Waals surface area contributed by atoms with Gasteiger partial charge in [-0.25, -0.2) is 0 Å². The van der Waals surface area contributed by atoms with Gasteiger partial charge in [-0.2, -0.15) is 15.0 Å². The molecule has 7 heteroatoms. The van der Waals surface area contributed by atoms with Crippen LogP contribution in [-0.2, 0) is 6.54 Å². The van der Waals surface area contributed by atoms with Crippen LogP contribution in [0.5, 0.6) is 0 Å². The predicted molar refractivity (Wildman–Crippen MR) is 85.1 cm³/mol. The van der Waals surface area contributed by atoms with Gasteiger partial charge in [0.25, 0.3) is 0 Å². The normalized spacial score (nSPS) is 19.0. The number of nitrogens with zero attached hydrogens (tertiary/aromatic N) is 5. The molecule has 1 aliphatic heterocycles. The average Bonchev–Trinajstić information content (AvgIpc) is 2.47. The van der Waals surface area contributed by atoms with Crippen molar-refractivity contribution in [3.63, 3.8) is 0 Å². The Morgan fingerprint density at radius 1 is 1.29 bits per heavy atom. The van der Waals surface area contributed by atoms with Crippen LogP contribution < -0.4 is 16.0 Å². The van der Waals surface area contributed by atoms with Crippen LogP contribution in [0.25, 0.3) is 0 Å². The molecule has 21 heavy (non-hydrogen) atoms. The summed E-state index contributed by atoms with van der Waals surface area (Å²) in [6.07, 6.45) is 2.57. The minimum Gasteiger partial charge on any atom is -0.368 e. The Kier molecular flexibility index (Phi) is 5.69. The van der Waals surface area contributed by atoms with Crippen molar-refractivity contribution in [3.8, 4) is 0 Å². The van der Waals surface area contributed by atoms with Gasteiger partial charge in [0.1, 0.15) is 5.82 Å². The molecule has 1 unspecified atom stereocenters. The topological polar surface area (TPSA) is 83.2 Å². The molecule has 0 saturated carbocycles. The Balaban J connectivity index is 2.00. The summed E-state index contributed by atoms with van der Waals surface area (Å²) < 4.78 is 0. The molecule has 118 valence electrons. The molecule has 2 heterocycles. The van der Waals surface area contributed by atoms with Crippen molar-refractivity contribution in [1.29, 1.82) is 0 Å². The molecule has 3 N–H and O–H groups in total. The number of hydrogen-bond acceptors (Lipinski definition) is 7. The molecule has 1 fully saturated rings. The summed E-state index contributed by atoms with van der Waals surface area (Å²) in [5, 5.41) is 3.47. The fraction of sp³-hybridized carbons (Fsp3) is 0.786. The van der Waals surface area contributed by atoms with Gasteiger partial charge in [-0.15, -0.1) is 0 Å². The molecule has 1 aromatic rings. The molecule has 2 rings (SSSR count). The van der Waals surface area contributed by atoms with Crippen molar-refractivity contribution in [2.24, 2.45) is 5.92 Å². The monoisotopic (exact) mass is 293 g/mol. The highest BCUT2D eigenvalue weighted by atomic mass is 15.3. The first-order valence-electron chi connectivity index (χ1n) is 7.69. The van der Waals surface area contributed by atoms with Crippen LogP contribution in [0, 0.1) is 5.92 Å². The van der Waals surface area contributed by atoms with Gasteiger partial charge < -0.3 is 16.0 Å². The van der Waals surface area contributed by atoms with Crippen LogP contribution in [0.2, 0.25) is 0 Å². The number of hydrogen-bond donors (Lipinski definition) is 2. The van der Waals surface area contributed by atoms with Crippen molar-refractivity contribution >= 4 is 11.9 Å². The number of nitrogen functional groups attached to an aromatic ring is 1. The molecule has 0 aliphatic carbocycles. The highest BCUT2D eigenvalue weighted by molar-refractivity contribution is 5.32. The lowest BCUT2D eigenvalue weighted by molar-refractivity contribution is 0.205. The summed E-state index contributed by atoms with van der Waals surface area (Å²) in [7, 11) is 3.81. The molecular formula is C14H27N7. The molecule has 0 aromatic carbocycles. The Hall–Kier alpha value is -1.47. The third-order valence-corrected chi connectivity index (χ3v) is 3.81. The van der Waals surface area contributed by atoms with Gasteiger partial charge in [-0.1, -0.05) is 6.92 Å². The van der Waals surface area contributed by atoms with Gasteiger partial charge in [0.2, 0.25) is 11.9 Å². The molecular weight excluding hydrogens is 266 g/mol. The first-order chi connectivity index (χ1) is 10.1. The van der Waals surface area contributed by atoms with E-state index in [1.165, 1.54) is 12.8 Å². The first kappa shape index (κ1) is 15.9. The van der Waals surface area contributed by atoms with Crippen LogP contribution in [-0.4, -0.2) is 60.1 Å². The van der Waals surface area contributed by atoms with E-state index in [9.17, 15) is 0 Å².